The van der Waals surface area contributed by atoms with Crippen LogP contribution in [0.1, 0.15) is 41.5 Å². The quantitative estimate of drug-likeness (QED) is 0.154. The van der Waals surface area contributed by atoms with Crippen LogP contribution in [0.2, 0.25) is 0 Å². The molecule has 4 heterocycles. The maximum absolute atomic E-state index is 9.49. The molecule has 0 spiro atoms. The van der Waals surface area contributed by atoms with Crippen LogP contribution in [0.3, 0.4) is 0 Å². The third-order valence-electron chi connectivity index (χ3n) is 6.78. The van der Waals surface area contributed by atoms with Crippen molar-refractivity contribution in [1.82, 2.24) is 19.9 Å². The molecule has 6 aromatic rings. The van der Waals surface area contributed by atoms with Crippen LogP contribution >= 0.6 is 0 Å². The second-order valence-corrected chi connectivity index (χ2v) is 12.8. The zero-order chi connectivity index (χ0) is 49.7. The molecule has 0 amide bonds. The molecule has 2 aromatic carbocycles. The summed E-state index contributed by atoms with van der Waals surface area (Å²) in [7, 11) is 0. The smallest absolute Gasteiger partial charge is 0.545 e. The molecule has 352 valence electrons. The van der Waals surface area contributed by atoms with E-state index in [2.05, 4.69) is 108 Å². The molecule has 0 fully saturated rings. The van der Waals surface area contributed by atoms with Crippen LogP contribution in [-0.2, 0) is 28.8 Å². The van der Waals surface area contributed by atoms with E-state index in [1.165, 1.54) is 41.5 Å². The molecule has 18 nitrogen and oxygen atoms in total. The van der Waals surface area contributed by atoms with E-state index < -0.39 is 35.8 Å². The van der Waals surface area contributed by atoms with Crippen molar-refractivity contribution in [1.29, 1.82) is 0 Å². The van der Waals surface area contributed by atoms with Gasteiger partial charge in [-0.15, -0.1) is 0 Å². The van der Waals surface area contributed by atoms with E-state index in [0.717, 1.165) is 43.6 Å². The molecule has 20 heteroatoms. The van der Waals surface area contributed by atoms with Crippen molar-refractivity contribution in [2.75, 3.05) is 0 Å². The van der Waals surface area contributed by atoms with Gasteiger partial charge in [-0.2, -0.15) is 0 Å². The second kappa shape index (κ2) is 39.8. The van der Waals surface area contributed by atoms with Crippen LogP contribution < -0.4 is 30.6 Å². The first-order valence-corrected chi connectivity index (χ1v) is 18.1. The predicted molar refractivity (Wildman–Crippen MR) is 240 cm³/mol. The van der Waals surface area contributed by atoms with Crippen molar-refractivity contribution in [2.24, 2.45) is 0 Å². The van der Waals surface area contributed by atoms with Gasteiger partial charge in [-0.1, -0.05) is 88.0 Å². The average Bonchev–Trinajstić information content (AvgIpc) is 3.25. The minimum atomic E-state index is -1.19. The minimum Gasteiger partial charge on any atom is -0.545 e. The van der Waals surface area contributed by atoms with Gasteiger partial charge < -0.3 is 70.4 Å². The molecular weight excluding hydrogens is 1130 g/mol. The van der Waals surface area contributed by atoms with E-state index in [1.807, 2.05) is 24.3 Å². The number of hydrogen-bond donors (Lipinski definition) is 0. The van der Waals surface area contributed by atoms with Crippen molar-refractivity contribution in [3.63, 3.8) is 0 Å². The summed E-state index contributed by atoms with van der Waals surface area (Å²) in [6.07, 6.45) is 7.21. The van der Waals surface area contributed by atoms with E-state index in [9.17, 15) is 59.4 Å². The topological polar surface area (TPSA) is 355 Å². The number of carbonyl (C=O) groups excluding carboxylic acids is 6. The normalized spacial score (nSPS) is 8.44. The fourth-order valence-corrected chi connectivity index (χ4v) is 3.36. The third kappa shape index (κ3) is 32.3. The summed E-state index contributed by atoms with van der Waals surface area (Å²) in [5.74, 6) is -7.11. The average molecular weight is 1180 g/mol. The summed E-state index contributed by atoms with van der Waals surface area (Å²) in [5.41, 5.74) is 4.30. The van der Waals surface area contributed by atoms with E-state index in [-0.39, 0.29) is 116 Å². The van der Waals surface area contributed by atoms with Gasteiger partial charge in [0.2, 0.25) is 0 Å². The first kappa shape index (κ1) is 73.2. The van der Waals surface area contributed by atoms with Crippen molar-refractivity contribution in [3.05, 3.63) is 170 Å². The Morgan fingerprint density at radius 3 is 0.544 bits per heavy atom. The number of benzene rings is 2. The number of hydrogen-bond acceptors (Lipinski definition) is 16. The van der Waals surface area contributed by atoms with Crippen LogP contribution in [0.15, 0.2) is 170 Å². The van der Waals surface area contributed by atoms with Gasteiger partial charge in [0.25, 0.3) is 0 Å². The molecule has 0 aliphatic carbocycles. The molecule has 0 aliphatic rings. The first-order valence-electron chi connectivity index (χ1n) is 18.1. The third-order valence-corrected chi connectivity index (χ3v) is 6.78. The van der Waals surface area contributed by atoms with Crippen molar-refractivity contribution < 1.29 is 142 Å². The Hall–Kier alpha value is -6.35. The monoisotopic (exact) mass is 1180 g/mol. The second-order valence-electron chi connectivity index (χ2n) is 12.8. The van der Waals surface area contributed by atoms with E-state index >= 15 is 0 Å². The molecule has 68 heavy (non-hydrogen) atoms. The number of nitrogens with zero attached hydrogens (tertiary/aromatic N) is 4. The van der Waals surface area contributed by atoms with Crippen molar-refractivity contribution in [3.8, 4) is 0 Å². The van der Waals surface area contributed by atoms with Gasteiger partial charge in [-0.25, -0.2) is 0 Å². The number of rotatable bonds is 6. The van der Waals surface area contributed by atoms with E-state index in [0.29, 0.717) is 0 Å². The van der Waals surface area contributed by atoms with Gasteiger partial charge in [0.1, 0.15) is 0 Å². The summed E-state index contributed by atoms with van der Waals surface area (Å²) >= 11 is 0. The van der Waals surface area contributed by atoms with Crippen molar-refractivity contribution >= 4 is 79.4 Å². The molecule has 0 bridgehead atoms. The summed E-state index contributed by atoms with van der Waals surface area (Å²) in [6, 6.07) is 24.3. The number of carboxylic acid groups (broad SMARTS) is 6. The van der Waals surface area contributed by atoms with Gasteiger partial charge in [-0.05, 0) is 99.2 Å². The number of carboxylic acids is 6. The molecule has 0 unspecified atom stereocenters. The van der Waals surface area contributed by atoms with Crippen LogP contribution in [0.25, 0.3) is 43.6 Å². The summed E-state index contributed by atoms with van der Waals surface area (Å²) < 4.78 is 0. The molecule has 0 atom stereocenters. The van der Waals surface area contributed by atoms with Crippen molar-refractivity contribution in [2.45, 2.75) is 41.5 Å². The van der Waals surface area contributed by atoms with Crippen LogP contribution in [0.4, 0.5) is 0 Å². The Bertz CT molecular complexity index is 2210. The maximum atomic E-state index is 9.49. The fraction of sp³-hybridized carbons (Fsp3) is 0.125. The van der Waals surface area contributed by atoms with E-state index in [1.54, 1.807) is 24.8 Å². The van der Waals surface area contributed by atoms with Gasteiger partial charge in [0.15, 0.2) is 0 Å². The molecule has 6 rings (SSSR count). The number of aliphatic carboxylic acids is 6. The number of fused-ring (bicyclic) bond motifs is 6. The summed E-state index contributed by atoms with van der Waals surface area (Å²) in [6.45, 7) is 26.9. The molecule has 0 saturated carbocycles. The van der Waals surface area contributed by atoms with Crippen LogP contribution in [0.5, 0.6) is 0 Å². The Kier molecular flexibility index (Phi) is 42.8. The Labute approximate surface area is 449 Å². The molecular formula is C48H50La2N4O14. The standard InChI is InChI=1S/2C12H8N2.6C4H6O2.2La.2H2O/c2*1-3-9-5-6-10-4-2-8-14-12(10)11(9)13-7-1;6*1-3(2)4(5)6;;;;/h2*1-8H;6*1H2,2H3,(H,5,6);;;2*1H2/q;;;;;;;;2*+3;;/p-6. The maximum Gasteiger partial charge on any atom is 3.00 e. The Morgan fingerprint density at radius 1 is 0.324 bits per heavy atom. The fourth-order valence-electron chi connectivity index (χ4n) is 3.36. The summed E-state index contributed by atoms with van der Waals surface area (Å²) in [4.78, 5) is 74.3. The zero-order valence-corrected chi connectivity index (χ0v) is 45.6. The predicted octanol–water partition coefficient (Wildman–Crippen LogP) is -0.209. The first-order chi connectivity index (χ1) is 29.8. The number of aromatic nitrogens is 4. The SMILES string of the molecule is C=C(C)C(=O)[O-].C=C(C)C(=O)[O-].C=C(C)C(=O)[O-].C=C(C)C(=O)[O-].C=C(C)C(=O)[O-].C=C(C)C(=O)[O-].O.O.[La+3].[La+3].c1cnc2c(c1)ccc1cccnc12.c1cnc2c(c1)ccc1cccnc12. The molecule has 0 aliphatic heterocycles. The minimum absolute atomic E-state index is 0. The summed E-state index contributed by atoms with van der Waals surface area (Å²) in [5, 5.41) is 61.5. The zero-order valence-electron chi connectivity index (χ0n) is 38.3. The number of carbonyl (C=O) groups is 6. The van der Waals surface area contributed by atoms with Gasteiger partial charge in [-0.3, -0.25) is 19.9 Å². The van der Waals surface area contributed by atoms with E-state index in [4.69, 9.17) is 0 Å². The molecule has 4 aromatic heterocycles. The van der Waals surface area contributed by atoms with Gasteiger partial charge >= 0.3 is 71.2 Å². The van der Waals surface area contributed by atoms with Crippen LogP contribution in [0, 0.1) is 71.2 Å². The van der Waals surface area contributed by atoms with Crippen LogP contribution in [-0.4, -0.2) is 66.7 Å². The molecule has 0 saturated heterocycles. The number of pyridine rings is 4. The molecule has 0 radical (unpaired) electrons. The van der Waals surface area contributed by atoms with Gasteiger partial charge in [0, 0.05) is 46.3 Å². The largest absolute Gasteiger partial charge is 3.00 e. The Balaban J connectivity index is -0.000000167. The Morgan fingerprint density at radius 2 is 0.441 bits per heavy atom. The molecule has 4 N–H and O–H groups in total. The van der Waals surface area contributed by atoms with Gasteiger partial charge in [0.05, 0.1) is 57.9 Å².